The van der Waals surface area contributed by atoms with Crippen molar-refractivity contribution in [3.05, 3.63) is 79.0 Å². The predicted molar refractivity (Wildman–Crippen MR) is 160 cm³/mol. The first-order chi connectivity index (χ1) is 23.2. The standard InChI is InChI=1S/C30H34N8O3/c1-5-28(39)32-23-17-24(26(40-4)18-25(23)37-13-15-41-16-14-37)33-30-31-12-11-27(34-30)38-20-22(19-36(2)3)29(35-38)21-9-7-6-8-10-21/h5-12,17-18,20H,1,13-16,19H2,2-4H3,(H,32,39)(H,31,33,34)/i2D3,6D,7D,8D,9D,10D. The minimum absolute atomic E-state index is 0.00388. The number of anilines is 4. The van der Waals surface area contributed by atoms with Gasteiger partial charge in [0.2, 0.25) is 11.9 Å². The zero-order chi connectivity index (χ0) is 35.6. The molecule has 1 fully saturated rings. The van der Waals surface area contributed by atoms with Crippen molar-refractivity contribution in [2.24, 2.45) is 0 Å². The Hall–Kier alpha value is -4.74. The molecule has 0 aliphatic carbocycles. The quantitative estimate of drug-likeness (QED) is 0.276. The number of hydrogen-bond donors (Lipinski definition) is 2. The average molecular weight is 563 g/mol. The van der Waals surface area contributed by atoms with Crippen LogP contribution in [0.3, 0.4) is 0 Å². The molecule has 0 saturated carbocycles. The van der Waals surface area contributed by atoms with E-state index in [1.54, 1.807) is 12.1 Å². The molecule has 41 heavy (non-hydrogen) atoms. The van der Waals surface area contributed by atoms with Crippen molar-refractivity contribution in [3.63, 3.8) is 0 Å². The highest BCUT2D eigenvalue weighted by Gasteiger charge is 2.20. The fourth-order valence-electron chi connectivity index (χ4n) is 4.32. The molecule has 0 atom stereocenters. The lowest BCUT2D eigenvalue weighted by Crippen LogP contribution is -2.36. The van der Waals surface area contributed by atoms with Crippen molar-refractivity contribution < 1.29 is 25.2 Å². The molecule has 2 aromatic carbocycles. The second-order valence-electron chi connectivity index (χ2n) is 9.03. The SMILES string of the molecule is [2H]c1c([2H])c([2H])c(-c2nn(-c3ccnc(Nc4cc(NC(=O)C=C)c(N5CCOCC5)cc4OC)n3)cc2CN(C)C([2H])([2H])[2H])c([2H])c1[2H]. The monoisotopic (exact) mass is 562 g/mol. The summed E-state index contributed by atoms with van der Waals surface area (Å²) < 4.78 is 77.2. The van der Waals surface area contributed by atoms with Gasteiger partial charge < -0.3 is 29.9 Å². The third-order valence-electron chi connectivity index (χ3n) is 6.17. The minimum atomic E-state index is -2.48. The lowest BCUT2D eigenvalue weighted by atomic mass is 10.1. The van der Waals surface area contributed by atoms with E-state index < -0.39 is 43.1 Å². The van der Waals surface area contributed by atoms with Crippen LogP contribution >= 0.6 is 0 Å². The molecule has 4 aromatic rings. The van der Waals surface area contributed by atoms with Gasteiger partial charge in [0.15, 0.2) is 5.82 Å². The molecule has 0 unspecified atom stereocenters. The van der Waals surface area contributed by atoms with E-state index in [1.807, 2.05) is 0 Å². The summed E-state index contributed by atoms with van der Waals surface area (Å²) in [6.45, 7) is 3.15. The van der Waals surface area contributed by atoms with Crippen LogP contribution in [0.25, 0.3) is 17.1 Å². The Morgan fingerprint density at radius 1 is 1.27 bits per heavy atom. The zero-order valence-corrected chi connectivity index (χ0v) is 22.6. The van der Waals surface area contributed by atoms with Crippen molar-refractivity contribution in [1.82, 2.24) is 24.6 Å². The third-order valence-corrected chi connectivity index (χ3v) is 6.17. The molecule has 212 valence electrons. The average Bonchev–Trinajstić information content (AvgIpc) is 3.49. The van der Waals surface area contributed by atoms with Crippen molar-refractivity contribution in [3.8, 4) is 22.8 Å². The number of ether oxygens (including phenoxy) is 2. The highest BCUT2D eigenvalue weighted by atomic mass is 16.5. The van der Waals surface area contributed by atoms with Crippen LogP contribution in [0.5, 0.6) is 5.75 Å². The summed E-state index contributed by atoms with van der Waals surface area (Å²) in [5.41, 5.74) is 1.76. The van der Waals surface area contributed by atoms with Crippen LogP contribution in [0.2, 0.25) is 0 Å². The van der Waals surface area contributed by atoms with Gasteiger partial charge in [-0.15, -0.1) is 0 Å². The molecule has 0 spiro atoms. The number of rotatable bonds is 10. The predicted octanol–water partition coefficient (Wildman–Crippen LogP) is 4.10. The maximum Gasteiger partial charge on any atom is 0.247 e. The number of hydrogen-bond acceptors (Lipinski definition) is 9. The minimum Gasteiger partial charge on any atom is -0.494 e. The second-order valence-corrected chi connectivity index (χ2v) is 9.03. The van der Waals surface area contributed by atoms with Gasteiger partial charge in [0.1, 0.15) is 5.75 Å². The van der Waals surface area contributed by atoms with Crippen molar-refractivity contribution in [1.29, 1.82) is 0 Å². The van der Waals surface area contributed by atoms with E-state index in [4.69, 9.17) is 20.4 Å². The summed E-state index contributed by atoms with van der Waals surface area (Å²) >= 11 is 0. The Labute approximate surface area is 250 Å². The van der Waals surface area contributed by atoms with Gasteiger partial charge in [-0.25, -0.2) is 9.67 Å². The summed E-state index contributed by atoms with van der Waals surface area (Å²) in [4.78, 5) is 24.4. The summed E-state index contributed by atoms with van der Waals surface area (Å²) in [5.74, 6) is 0.358. The van der Waals surface area contributed by atoms with Crippen LogP contribution in [0.15, 0.2) is 73.5 Å². The van der Waals surface area contributed by atoms with Gasteiger partial charge in [-0.2, -0.15) is 10.1 Å². The van der Waals surface area contributed by atoms with Gasteiger partial charge in [0.25, 0.3) is 0 Å². The van der Waals surface area contributed by atoms with Crippen LogP contribution in [0, 0.1) is 0 Å². The van der Waals surface area contributed by atoms with Crippen LogP contribution < -0.4 is 20.3 Å². The summed E-state index contributed by atoms with van der Waals surface area (Å²) in [6, 6.07) is 2.38. The van der Waals surface area contributed by atoms with Gasteiger partial charge in [-0.3, -0.25) is 4.79 Å². The van der Waals surface area contributed by atoms with Gasteiger partial charge in [-0.05, 0) is 26.2 Å². The number of methoxy groups -OCH3 is 1. The number of nitrogens with one attached hydrogen (secondary N) is 2. The van der Waals surface area contributed by atoms with Gasteiger partial charge in [0, 0.05) is 59.4 Å². The smallest absolute Gasteiger partial charge is 0.247 e. The highest BCUT2D eigenvalue weighted by molar-refractivity contribution is 6.02. The first-order valence-electron chi connectivity index (χ1n) is 16.7. The molecule has 1 aliphatic rings. The van der Waals surface area contributed by atoms with Gasteiger partial charge >= 0.3 is 0 Å². The van der Waals surface area contributed by atoms with E-state index in [2.05, 4.69) is 37.2 Å². The number of aromatic nitrogens is 4. The summed E-state index contributed by atoms with van der Waals surface area (Å²) in [5, 5.41) is 10.5. The molecule has 1 aliphatic heterocycles. The zero-order valence-electron chi connectivity index (χ0n) is 30.6. The first-order valence-corrected chi connectivity index (χ1v) is 12.7. The number of morpholine rings is 1. The molecule has 5 rings (SSSR count). The van der Waals surface area contributed by atoms with E-state index in [1.165, 1.54) is 43.4 Å². The van der Waals surface area contributed by atoms with E-state index in [-0.39, 0.29) is 35.1 Å². The molecule has 1 saturated heterocycles. The molecule has 2 N–H and O–H groups in total. The number of carbonyl (C=O) groups is 1. The fourth-order valence-corrected chi connectivity index (χ4v) is 4.32. The molecule has 11 nitrogen and oxygen atoms in total. The Kier molecular flexibility index (Phi) is 5.96. The van der Waals surface area contributed by atoms with Crippen molar-refractivity contribution in [2.45, 2.75) is 6.54 Å². The Balaban J connectivity index is 1.57. The molecule has 2 aromatic heterocycles. The summed E-state index contributed by atoms with van der Waals surface area (Å²) in [7, 11) is 2.89. The topological polar surface area (TPSA) is 110 Å². The number of nitrogens with zero attached hydrogens (tertiary/aromatic N) is 6. The largest absolute Gasteiger partial charge is 0.494 e. The third kappa shape index (κ3) is 6.53. The van der Waals surface area contributed by atoms with Crippen molar-refractivity contribution in [2.75, 3.05) is 63.0 Å². The number of amides is 1. The summed E-state index contributed by atoms with van der Waals surface area (Å²) in [6.07, 6.45) is 4.12. The van der Waals surface area contributed by atoms with Crippen LogP contribution in [-0.4, -0.2) is 78.0 Å². The maximum absolute atomic E-state index is 12.3. The molecule has 0 bridgehead atoms. The number of benzene rings is 2. The second kappa shape index (κ2) is 12.6. The molecular weight excluding hydrogens is 520 g/mol. The van der Waals surface area contributed by atoms with E-state index in [0.29, 0.717) is 43.4 Å². The van der Waals surface area contributed by atoms with E-state index >= 15 is 0 Å². The Bertz CT molecular complexity index is 1870. The molecule has 3 heterocycles. The Morgan fingerprint density at radius 2 is 2.07 bits per heavy atom. The molecule has 1 amide bonds. The van der Waals surface area contributed by atoms with Gasteiger partial charge in [0.05, 0.1) is 49.9 Å². The maximum atomic E-state index is 12.3. The van der Waals surface area contributed by atoms with Crippen LogP contribution in [-0.2, 0) is 16.1 Å². The van der Waals surface area contributed by atoms with E-state index in [9.17, 15) is 4.79 Å². The van der Waals surface area contributed by atoms with Crippen molar-refractivity contribution >= 4 is 28.9 Å². The lowest BCUT2D eigenvalue weighted by Gasteiger charge is -2.31. The van der Waals surface area contributed by atoms with Crippen LogP contribution in [0.1, 0.15) is 16.5 Å². The lowest BCUT2D eigenvalue weighted by molar-refractivity contribution is -0.111. The Morgan fingerprint density at radius 3 is 2.80 bits per heavy atom. The molecular formula is C30H34N8O3. The van der Waals surface area contributed by atoms with Crippen LogP contribution in [0.4, 0.5) is 23.0 Å². The van der Waals surface area contributed by atoms with E-state index in [0.717, 1.165) is 10.6 Å². The number of carbonyl (C=O) groups excluding carboxylic acids is 1. The highest BCUT2D eigenvalue weighted by Crippen LogP contribution is 2.38. The fraction of sp³-hybridized carbons (Fsp3) is 0.267. The first kappa shape index (κ1) is 19.4. The molecule has 11 heteroatoms. The van der Waals surface area contributed by atoms with Gasteiger partial charge in [-0.1, -0.05) is 36.8 Å². The normalized spacial score (nSPS) is 16.3. The molecule has 0 radical (unpaired) electrons.